The zero-order valence-corrected chi connectivity index (χ0v) is 9.11. The van der Waals surface area contributed by atoms with Crippen molar-refractivity contribution in [1.82, 2.24) is 5.32 Å². The van der Waals surface area contributed by atoms with E-state index in [1.165, 1.54) is 6.07 Å². The van der Waals surface area contributed by atoms with Crippen molar-refractivity contribution in [1.29, 1.82) is 0 Å². The molecule has 0 spiro atoms. The Morgan fingerprint density at radius 3 is 2.75 bits per heavy atom. The molecule has 0 heterocycles. The average molecular weight is 223 g/mol. The van der Waals surface area contributed by atoms with Gasteiger partial charge in [0.05, 0.1) is 11.5 Å². The molecule has 0 saturated heterocycles. The Labute approximate surface area is 92.8 Å². The maximum absolute atomic E-state index is 11.2. The molecule has 1 amide bonds. The van der Waals surface area contributed by atoms with Crippen molar-refractivity contribution in [2.45, 2.75) is 6.92 Å². The minimum absolute atomic E-state index is 0.00209. The SMILES string of the molecule is CNCC(=O)Nc1ccc(C)c([N+](=O)[O-])c1. The molecule has 1 aromatic rings. The largest absolute Gasteiger partial charge is 0.325 e. The molecule has 6 nitrogen and oxygen atoms in total. The van der Waals surface area contributed by atoms with Crippen molar-refractivity contribution < 1.29 is 9.72 Å². The van der Waals surface area contributed by atoms with Gasteiger partial charge in [0.1, 0.15) is 0 Å². The Balaban J connectivity index is 2.87. The molecule has 0 aromatic heterocycles. The average Bonchev–Trinajstić information content (AvgIpc) is 2.21. The number of rotatable bonds is 4. The number of amides is 1. The highest BCUT2D eigenvalue weighted by molar-refractivity contribution is 5.92. The predicted molar refractivity (Wildman–Crippen MR) is 60.4 cm³/mol. The number of nitro groups is 1. The molecule has 0 fully saturated rings. The van der Waals surface area contributed by atoms with Crippen LogP contribution < -0.4 is 10.6 Å². The number of hydrogen-bond donors (Lipinski definition) is 2. The molecular formula is C10H13N3O3. The zero-order valence-electron chi connectivity index (χ0n) is 9.11. The number of hydrogen-bond acceptors (Lipinski definition) is 4. The number of likely N-dealkylation sites (N-methyl/N-ethyl adjacent to an activating group) is 1. The summed E-state index contributed by atoms with van der Waals surface area (Å²) in [6, 6.07) is 4.59. The van der Waals surface area contributed by atoms with Gasteiger partial charge in [-0.25, -0.2) is 0 Å². The summed E-state index contributed by atoms with van der Waals surface area (Å²) in [5, 5.41) is 15.9. The Morgan fingerprint density at radius 1 is 1.50 bits per heavy atom. The molecule has 0 saturated carbocycles. The van der Waals surface area contributed by atoms with Gasteiger partial charge in [-0.3, -0.25) is 14.9 Å². The van der Waals surface area contributed by atoms with Crippen LogP contribution in [-0.2, 0) is 4.79 Å². The molecule has 86 valence electrons. The van der Waals surface area contributed by atoms with Crippen LogP contribution in [0.25, 0.3) is 0 Å². The maximum Gasteiger partial charge on any atom is 0.274 e. The molecule has 0 aliphatic rings. The van der Waals surface area contributed by atoms with E-state index in [2.05, 4.69) is 10.6 Å². The van der Waals surface area contributed by atoms with Gasteiger partial charge >= 0.3 is 0 Å². The van der Waals surface area contributed by atoms with Gasteiger partial charge in [-0.05, 0) is 20.0 Å². The lowest BCUT2D eigenvalue weighted by Gasteiger charge is -2.05. The molecule has 2 N–H and O–H groups in total. The second-order valence-corrected chi connectivity index (χ2v) is 3.34. The number of nitrogens with zero attached hydrogens (tertiary/aromatic N) is 1. The van der Waals surface area contributed by atoms with Crippen LogP contribution in [0.15, 0.2) is 18.2 Å². The van der Waals surface area contributed by atoms with Crippen LogP contribution in [0.3, 0.4) is 0 Å². The van der Waals surface area contributed by atoms with Crippen LogP contribution in [0.4, 0.5) is 11.4 Å². The van der Waals surface area contributed by atoms with Crippen LogP contribution >= 0.6 is 0 Å². The highest BCUT2D eigenvalue weighted by Crippen LogP contribution is 2.21. The number of nitro benzene ring substituents is 1. The fraction of sp³-hybridized carbons (Fsp3) is 0.300. The number of carbonyl (C=O) groups excluding carboxylic acids is 1. The summed E-state index contributed by atoms with van der Waals surface area (Å²) in [4.78, 5) is 21.4. The molecule has 0 unspecified atom stereocenters. The Hall–Kier alpha value is -1.95. The highest BCUT2D eigenvalue weighted by Gasteiger charge is 2.11. The molecule has 6 heteroatoms. The van der Waals surface area contributed by atoms with Crippen LogP contribution in [-0.4, -0.2) is 24.4 Å². The van der Waals surface area contributed by atoms with Crippen molar-refractivity contribution in [3.8, 4) is 0 Å². The van der Waals surface area contributed by atoms with Crippen LogP contribution in [0.5, 0.6) is 0 Å². The van der Waals surface area contributed by atoms with E-state index < -0.39 is 4.92 Å². The third kappa shape index (κ3) is 3.03. The summed E-state index contributed by atoms with van der Waals surface area (Å²) in [6.07, 6.45) is 0. The van der Waals surface area contributed by atoms with Gasteiger partial charge in [-0.2, -0.15) is 0 Å². The lowest BCUT2D eigenvalue weighted by molar-refractivity contribution is -0.385. The van der Waals surface area contributed by atoms with Gasteiger partial charge in [-0.1, -0.05) is 6.07 Å². The summed E-state index contributed by atoms with van der Waals surface area (Å²) >= 11 is 0. The van der Waals surface area contributed by atoms with Gasteiger partial charge in [-0.15, -0.1) is 0 Å². The Morgan fingerprint density at radius 2 is 2.19 bits per heavy atom. The van der Waals surface area contributed by atoms with E-state index in [0.29, 0.717) is 11.3 Å². The zero-order chi connectivity index (χ0) is 12.1. The highest BCUT2D eigenvalue weighted by atomic mass is 16.6. The molecule has 0 radical (unpaired) electrons. The third-order valence-electron chi connectivity index (χ3n) is 2.03. The molecule has 0 bridgehead atoms. The number of benzene rings is 1. The van der Waals surface area contributed by atoms with Crippen molar-refractivity contribution in [3.05, 3.63) is 33.9 Å². The maximum atomic E-state index is 11.2. The summed E-state index contributed by atoms with van der Waals surface area (Å²) in [6.45, 7) is 1.82. The molecule has 0 aliphatic carbocycles. The lowest BCUT2D eigenvalue weighted by atomic mass is 10.2. The van der Waals surface area contributed by atoms with Gasteiger partial charge in [0, 0.05) is 17.3 Å². The topological polar surface area (TPSA) is 84.3 Å². The molecule has 1 aromatic carbocycles. The molecular weight excluding hydrogens is 210 g/mol. The van der Waals surface area contributed by atoms with Crippen molar-refractivity contribution in [3.63, 3.8) is 0 Å². The van der Waals surface area contributed by atoms with Gasteiger partial charge < -0.3 is 10.6 Å². The first kappa shape index (κ1) is 12.1. The number of nitrogens with one attached hydrogen (secondary N) is 2. The van der Waals surface area contributed by atoms with Crippen LogP contribution in [0.1, 0.15) is 5.56 Å². The second kappa shape index (κ2) is 5.22. The second-order valence-electron chi connectivity index (χ2n) is 3.34. The number of aryl methyl sites for hydroxylation is 1. The fourth-order valence-electron chi connectivity index (χ4n) is 1.25. The smallest absolute Gasteiger partial charge is 0.274 e. The molecule has 1 rings (SSSR count). The van der Waals surface area contributed by atoms with E-state index in [1.807, 2.05) is 0 Å². The summed E-state index contributed by atoms with van der Waals surface area (Å²) in [7, 11) is 1.65. The van der Waals surface area contributed by atoms with E-state index in [4.69, 9.17) is 0 Å². The lowest BCUT2D eigenvalue weighted by Crippen LogP contribution is -2.25. The Bertz CT molecular complexity index is 418. The Kier molecular flexibility index (Phi) is 3.96. The third-order valence-corrected chi connectivity index (χ3v) is 2.03. The number of anilines is 1. The minimum atomic E-state index is -0.469. The van der Waals surface area contributed by atoms with Gasteiger partial charge in [0.15, 0.2) is 0 Å². The fourth-order valence-corrected chi connectivity index (χ4v) is 1.25. The molecule has 16 heavy (non-hydrogen) atoms. The minimum Gasteiger partial charge on any atom is -0.325 e. The molecule has 0 aliphatic heterocycles. The molecule has 0 atom stereocenters. The number of carbonyl (C=O) groups is 1. The van der Waals surface area contributed by atoms with Gasteiger partial charge in [0.25, 0.3) is 5.69 Å². The first-order chi connectivity index (χ1) is 7.54. The first-order valence-corrected chi connectivity index (χ1v) is 4.74. The quantitative estimate of drug-likeness (QED) is 0.590. The summed E-state index contributed by atoms with van der Waals surface area (Å²) < 4.78 is 0. The van der Waals surface area contributed by atoms with Crippen molar-refractivity contribution in [2.24, 2.45) is 0 Å². The van der Waals surface area contributed by atoms with Crippen LogP contribution in [0.2, 0.25) is 0 Å². The van der Waals surface area contributed by atoms with Gasteiger partial charge in [0.2, 0.25) is 5.91 Å². The first-order valence-electron chi connectivity index (χ1n) is 4.74. The van der Waals surface area contributed by atoms with E-state index in [-0.39, 0.29) is 18.1 Å². The standard InChI is InChI=1S/C10H13N3O3/c1-7-3-4-8(5-9(7)13(15)16)12-10(14)6-11-2/h3-5,11H,6H2,1-2H3,(H,12,14). The van der Waals surface area contributed by atoms with Crippen LogP contribution in [0, 0.1) is 17.0 Å². The van der Waals surface area contributed by atoms with E-state index in [9.17, 15) is 14.9 Å². The predicted octanol–water partition coefficient (Wildman–Crippen LogP) is 1.06. The van der Waals surface area contributed by atoms with E-state index >= 15 is 0 Å². The van der Waals surface area contributed by atoms with E-state index in [1.54, 1.807) is 26.1 Å². The normalized spacial score (nSPS) is 9.88. The summed E-state index contributed by atoms with van der Waals surface area (Å²) in [5.41, 5.74) is 0.997. The van der Waals surface area contributed by atoms with E-state index in [0.717, 1.165) is 0 Å². The van der Waals surface area contributed by atoms with Crippen molar-refractivity contribution >= 4 is 17.3 Å². The van der Waals surface area contributed by atoms with Crippen molar-refractivity contribution in [2.75, 3.05) is 18.9 Å². The summed E-state index contributed by atoms with van der Waals surface area (Å²) in [5.74, 6) is -0.236. The monoisotopic (exact) mass is 223 g/mol.